The van der Waals surface area contributed by atoms with Gasteiger partial charge in [-0.05, 0) is 35.9 Å². The SMILES string of the molecule is Fc1ccc(Cl)cc1Nc1ncnc2ccc(C3CNC3)cc12. The molecule has 2 aromatic carbocycles. The third-order valence-electron chi connectivity index (χ3n) is 4.09. The third-order valence-corrected chi connectivity index (χ3v) is 4.33. The van der Waals surface area contributed by atoms with Crippen LogP contribution in [0.15, 0.2) is 42.7 Å². The molecule has 4 rings (SSSR count). The van der Waals surface area contributed by atoms with Crippen LogP contribution in [0.3, 0.4) is 0 Å². The lowest BCUT2D eigenvalue weighted by Gasteiger charge is -2.27. The Bertz CT molecular complexity index is 880. The molecule has 0 saturated carbocycles. The van der Waals surface area contributed by atoms with Crippen molar-refractivity contribution in [3.8, 4) is 0 Å². The van der Waals surface area contributed by atoms with E-state index in [1.165, 1.54) is 24.0 Å². The standard InChI is InChI=1S/C17H14ClFN4/c18-12-2-3-14(19)16(6-12)23-17-13-5-10(11-7-20-8-11)1-4-15(13)21-9-22-17/h1-6,9,11,20H,7-8H2,(H,21,22,23). The Morgan fingerprint density at radius 2 is 2.00 bits per heavy atom. The van der Waals surface area contributed by atoms with Gasteiger partial charge in [0.25, 0.3) is 0 Å². The number of nitrogens with one attached hydrogen (secondary N) is 2. The summed E-state index contributed by atoms with van der Waals surface area (Å²) in [6.07, 6.45) is 1.47. The van der Waals surface area contributed by atoms with Gasteiger partial charge in [-0.3, -0.25) is 0 Å². The van der Waals surface area contributed by atoms with Crippen molar-refractivity contribution in [3.05, 3.63) is 59.1 Å². The Balaban J connectivity index is 1.77. The smallest absolute Gasteiger partial charge is 0.146 e. The molecule has 0 spiro atoms. The van der Waals surface area contributed by atoms with Crippen LogP contribution in [0.4, 0.5) is 15.9 Å². The molecule has 0 bridgehead atoms. The first-order valence-corrected chi connectivity index (χ1v) is 7.76. The Kier molecular flexibility index (Phi) is 3.59. The average Bonchev–Trinajstić information content (AvgIpc) is 2.50. The van der Waals surface area contributed by atoms with E-state index in [4.69, 9.17) is 11.6 Å². The minimum Gasteiger partial charge on any atom is -0.337 e. The van der Waals surface area contributed by atoms with Gasteiger partial charge in [0.15, 0.2) is 0 Å². The van der Waals surface area contributed by atoms with Crippen molar-refractivity contribution in [2.45, 2.75) is 5.92 Å². The van der Waals surface area contributed by atoms with Crippen LogP contribution in [-0.4, -0.2) is 23.1 Å². The zero-order valence-electron chi connectivity index (χ0n) is 12.2. The predicted molar refractivity (Wildman–Crippen MR) is 89.8 cm³/mol. The molecule has 1 aliphatic heterocycles. The third kappa shape index (κ3) is 2.73. The normalized spacial score (nSPS) is 14.7. The minimum atomic E-state index is -0.375. The number of hydrogen-bond acceptors (Lipinski definition) is 4. The molecule has 3 aromatic rings. The molecule has 0 unspecified atom stereocenters. The van der Waals surface area contributed by atoms with Gasteiger partial charge in [0.2, 0.25) is 0 Å². The van der Waals surface area contributed by atoms with Gasteiger partial charge in [0.1, 0.15) is 18.0 Å². The fourth-order valence-corrected chi connectivity index (χ4v) is 2.85. The van der Waals surface area contributed by atoms with Crippen LogP contribution in [-0.2, 0) is 0 Å². The highest BCUT2D eigenvalue weighted by molar-refractivity contribution is 6.30. The molecular weight excluding hydrogens is 315 g/mol. The molecule has 1 fully saturated rings. The van der Waals surface area contributed by atoms with Gasteiger partial charge >= 0.3 is 0 Å². The van der Waals surface area contributed by atoms with Crippen LogP contribution < -0.4 is 10.6 Å². The highest BCUT2D eigenvalue weighted by Gasteiger charge is 2.19. The van der Waals surface area contributed by atoms with E-state index in [9.17, 15) is 4.39 Å². The second-order valence-corrected chi connectivity index (χ2v) is 6.04. The van der Waals surface area contributed by atoms with E-state index >= 15 is 0 Å². The molecule has 0 radical (unpaired) electrons. The summed E-state index contributed by atoms with van der Waals surface area (Å²) in [6.45, 7) is 1.95. The van der Waals surface area contributed by atoms with Gasteiger partial charge < -0.3 is 10.6 Å². The molecule has 0 atom stereocenters. The average molecular weight is 329 g/mol. The topological polar surface area (TPSA) is 49.8 Å². The first-order chi connectivity index (χ1) is 11.2. The molecule has 1 aromatic heterocycles. The maximum Gasteiger partial charge on any atom is 0.146 e. The summed E-state index contributed by atoms with van der Waals surface area (Å²) in [5.74, 6) is 0.709. The summed E-state index contributed by atoms with van der Waals surface area (Å²) in [7, 11) is 0. The first kappa shape index (κ1) is 14.4. The van der Waals surface area contributed by atoms with Gasteiger partial charge in [0.05, 0.1) is 11.2 Å². The lowest BCUT2D eigenvalue weighted by atomic mass is 9.93. The molecule has 1 aliphatic rings. The highest BCUT2D eigenvalue weighted by Crippen LogP contribution is 2.29. The second-order valence-electron chi connectivity index (χ2n) is 5.60. The van der Waals surface area contributed by atoms with E-state index in [1.54, 1.807) is 6.07 Å². The maximum atomic E-state index is 14.0. The van der Waals surface area contributed by atoms with Crippen LogP contribution in [0.5, 0.6) is 0 Å². The van der Waals surface area contributed by atoms with Crippen molar-refractivity contribution in [2.75, 3.05) is 18.4 Å². The number of fused-ring (bicyclic) bond motifs is 1. The van der Waals surface area contributed by atoms with Crippen molar-refractivity contribution in [1.82, 2.24) is 15.3 Å². The summed E-state index contributed by atoms with van der Waals surface area (Å²) in [4.78, 5) is 8.55. The number of anilines is 2. The molecular formula is C17H14ClFN4. The molecule has 116 valence electrons. The van der Waals surface area contributed by atoms with Gasteiger partial charge in [-0.15, -0.1) is 0 Å². The summed E-state index contributed by atoms with van der Waals surface area (Å²) >= 11 is 5.95. The number of rotatable bonds is 3. The molecule has 2 N–H and O–H groups in total. The van der Waals surface area contributed by atoms with E-state index in [0.717, 1.165) is 24.0 Å². The van der Waals surface area contributed by atoms with Crippen LogP contribution in [0.25, 0.3) is 10.9 Å². The van der Waals surface area contributed by atoms with Gasteiger partial charge in [-0.1, -0.05) is 17.7 Å². The van der Waals surface area contributed by atoms with E-state index in [2.05, 4.69) is 32.7 Å². The minimum absolute atomic E-state index is 0.299. The highest BCUT2D eigenvalue weighted by atomic mass is 35.5. The summed E-state index contributed by atoms with van der Waals surface area (Å²) in [5.41, 5.74) is 2.36. The predicted octanol–water partition coefficient (Wildman–Crippen LogP) is 3.85. The number of nitrogens with zero attached hydrogens (tertiary/aromatic N) is 2. The zero-order valence-corrected chi connectivity index (χ0v) is 12.9. The molecule has 2 heterocycles. The maximum absolute atomic E-state index is 14.0. The van der Waals surface area contributed by atoms with E-state index in [0.29, 0.717) is 22.4 Å². The van der Waals surface area contributed by atoms with Crippen LogP contribution in [0.1, 0.15) is 11.5 Å². The number of halogens is 2. The Labute approximate surface area is 137 Å². The molecule has 0 aliphatic carbocycles. The van der Waals surface area contributed by atoms with Gasteiger partial charge in [0, 0.05) is 29.4 Å². The summed E-state index contributed by atoms with van der Waals surface area (Å²) < 4.78 is 14.0. The Morgan fingerprint density at radius 3 is 2.78 bits per heavy atom. The fraction of sp³-hybridized carbons (Fsp3) is 0.176. The summed E-state index contributed by atoms with van der Waals surface area (Å²) in [6, 6.07) is 10.5. The van der Waals surface area contributed by atoms with E-state index in [-0.39, 0.29) is 5.82 Å². The van der Waals surface area contributed by atoms with Crippen molar-refractivity contribution < 1.29 is 4.39 Å². The fourth-order valence-electron chi connectivity index (χ4n) is 2.67. The van der Waals surface area contributed by atoms with Gasteiger partial charge in [-0.25, -0.2) is 14.4 Å². The lowest BCUT2D eigenvalue weighted by Crippen LogP contribution is -2.39. The van der Waals surface area contributed by atoms with E-state index in [1.807, 2.05) is 6.07 Å². The quantitative estimate of drug-likeness (QED) is 0.766. The van der Waals surface area contributed by atoms with Crippen molar-refractivity contribution in [1.29, 1.82) is 0 Å². The number of hydrogen-bond donors (Lipinski definition) is 2. The Morgan fingerprint density at radius 1 is 1.13 bits per heavy atom. The zero-order chi connectivity index (χ0) is 15.8. The Hall–Kier alpha value is -2.24. The lowest BCUT2D eigenvalue weighted by molar-refractivity contribution is 0.449. The number of aromatic nitrogens is 2. The van der Waals surface area contributed by atoms with Crippen LogP contribution in [0, 0.1) is 5.82 Å². The molecule has 0 amide bonds. The number of benzene rings is 2. The van der Waals surface area contributed by atoms with Crippen LogP contribution in [0.2, 0.25) is 5.02 Å². The second kappa shape index (κ2) is 5.76. The van der Waals surface area contributed by atoms with Crippen LogP contribution >= 0.6 is 11.6 Å². The monoisotopic (exact) mass is 328 g/mol. The first-order valence-electron chi connectivity index (χ1n) is 7.38. The largest absolute Gasteiger partial charge is 0.337 e. The molecule has 4 nitrogen and oxygen atoms in total. The molecule has 6 heteroatoms. The molecule has 1 saturated heterocycles. The van der Waals surface area contributed by atoms with Crippen molar-refractivity contribution in [2.24, 2.45) is 0 Å². The van der Waals surface area contributed by atoms with Crippen molar-refractivity contribution in [3.63, 3.8) is 0 Å². The van der Waals surface area contributed by atoms with E-state index < -0.39 is 0 Å². The summed E-state index contributed by atoms with van der Waals surface area (Å²) in [5, 5.41) is 7.63. The molecule has 23 heavy (non-hydrogen) atoms. The van der Waals surface area contributed by atoms with Crippen molar-refractivity contribution >= 4 is 34.0 Å². The van der Waals surface area contributed by atoms with Gasteiger partial charge in [-0.2, -0.15) is 0 Å².